The van der Waals surface area contributed by atoms with E-state index in [1.54, 1.807) is 19.2 Å². The van der Waals surface area contributed by atoms with Crippen molar-refractivity contribution in [2.24, 2.45) is 11.8 Å². The zero-order chi connectivity index (χ0) is 25.3. The van der Waals surface area contributed by atoms with Gasteiger partial charge in [0.1, 0.15) is 12.0 Å². The molecule has 4 rings (SSSR count). The smallest absolute Gasteiger partial charge is 0.337 e. The van der Waals surface area contributed by atoms with Gasteiger partial charge in [0.15, 0.2) is 17.3 Å². The maximum absolute atomic E-state index is 13.8. The second kappa shape index (κ2) is 10.1. The molecule has 1 aromatic carbocycles. The van der Waals surface area contributed by atoms with E-state index < -0.39 is 23.8 Å². The van der Waals surface area contributed by atoms with Crippen LogP contribution in [0.3, 0.4) is 0 Å². The van der Waals surface area contributed by atoms with E-state index in [-0.39, 0.29) is 17.8 Å². The molecule has 8 heteroatoms. The Hall–Kier alpha value is -3.29. The van der Waals surface area contributed by atoms with Crippen LogP contribution in [0.4, 0.5) is 0 Å². The number of carbonyl (C=O) groups excluding carboxylic acids is 3. The van der Waals surface area contributed by atoms with Gasteiger partial charge in [-0.2, -0.15) is 0 Å². The molecule has 1 heterocycles. The third-order valence-corrected chi connectivity index (χ3v) is 7.28. The van der Waals surface area contributed by atoms with Crippen molar-refractivity contribution in [1.82, 2.24) is 5.32 Å². The summed E-state index contributed by atoms with van der Waals surface area (Å²) < 4.78 is 21.7. The first-order valence-electron chi connectivity index (χ1n) is 12.1. The van der Waals surface area contributed by atoms with Crippen LogP contribution in [0.2, 0.25) is 0 Å². The SMILES string of the molecule is COC(=O)[C@H]1C(=O)C2=C(C[C@H]1C)NC(C)=C(C(=O)OC1CCCC1)[C@H]2c1ccc(OC)c(OC)c1. The first-order valence-corrected chi connectivity index (χ1v) is 12.1. The van der Waals surface area contributed by atoms with Crippen molar-refractivity contribution >= 4 is 17.7 Å². The molecule has 1 N–H and O–H groups in total. The predicted octanol–water partition coefficient (Wildman–Crippen LogP) is 3.80. The Labute approximate surface area is 205 Å². The second-order valence-corrected chi connectivity index (χ2v) is 9.46. The van der Waals surface area contributed by atoms with E-state index in [9.17, 15) is 14.4 Å². The monoisotopic (exact) mass is 483 g/mol. The maximum Gasteiger partial charge on any atom is 0.337 e. The fourth-order valence-corrected chi connectivity index (χ4v) is 5.54. The Morgan fingerprint density at radius 3 is 2.34 bits per heavy atom. The summed E-state index contributed by atoms with van der Waals surface area (Å²) >= 11 is 0. The molecule has 188 valence electrons. The molecule has 8 nitrogen and oxygen atoms in total. The summed E-state index contributed by atoms with van der Waals surface area (Å²) in [7, 11) is 4.36. The van der Waals surface area contributed by atoms with Gasteiger partial charge in [-0.3, -0.25) is 9.59 Å². The maximum atomic E-state index is 13.8. The van der Waals surface area contributed by atoms with Gasteiger partial charge in [0, 0.05) is 22.9 Å². The van der Waals surface area contributed by atoms with Crippen LogP contribution in [-0.4, -0.2) is 45.2 Å². The lowest BCUT2D eigenvalue weighted by Crippen LogP contribution is -2.43. The van der Waals surface area contributed by atoms with Gasteiger partial charge in [-0.25, -0.2) is 4.79 Å². The molecule has 0 unspecified atom stereocenters. The lowest BCUT2D eigenvalue weighted by Gasteiger charge is -2.38. The summed E-state index contributed by atoms with van der Waals surface area (Å²) in [6.07, 6.45) is 4.07. The van der Waals surface area contributed by atoms with E-state index in [2.05, 4.69) is 5.32 Å². The van der Waals surface area contributed by atoms with Crippen LogP contribution in [0.1, 0.15) is 57.4 Å². The van der Waals surface area contributed by atoms with Crippen molar-refractivity contribution in [3.05, 3.63) is 46.3 Å². The average Bonchev–Trinajstić information content (AvgIpc) is 3.35. The summed E-state index contributed by atoms with van der Waals surface area (Å²) in [5.41, 5.74) is 2.81. The first kappa shape index (κ1) is 24.8. The average molecular weight is 484 g/mol. The van der Waals surface area contributed by atoms with E-state index in [0.717, 1.165) is 31.4 Å². The predicted molar refractivity (Wildman–Crippen MR) is 128 cm³/mol. The van der Waals surface area contributed by atoms with Crippen LogP contribution in [-0.2, 0) is 23.9 Å². The number of allylic oxidation sites excluding steroid dienone is 3. The molecule has 35 heavy (non-hydrogen) atoms. The Bertz CT molecular complexity index is 1100. The highest BCUT2D eigenvalue weighted by Gasteiger charge is 2.47. The van der Waals surface area contributed by atoms with Crippen LogP contribution in [0.25, 0.3) is 0 Å². The van der Waals surface area contributed by atoms with Gasteiger partial charge < -0.3 is 24.3 Å². The number of Topliss-reactive ketones (excluding diaryl/α,β-unsaturated/α-hetero) is 1. The van der Waals surface area contributed by atoms with E-state index in [4.69, 9.17) is 18.9 Å². The molecule has 1 fully saturated rings. The lowest BCUT2D eigenvalue weighted by atomic mass is 9.69. The minimum absolute atomic E-state index is 0.130. The number of methoxy groups -OCH3 is 3. The highest BCUT2D eigenvalue weighted by atomic mass is 16.5. The number of ether oxygens (including phenoxy) is 4. The Morgan fingerprint density at radius 2 is 1.71 bits per heavy atom. The summed E-state index contributed by atoms with van der Waals surface area (Å²) in [5, 5.41) is 3.29. The molecular weight excluding hydrogens is 450 g/mol. The van der Waals surface area contributed by atoms with Crippen molar-refractivity contribution in [1.29, 1.82) is 0 Å². The number of ketones is 1. The Balaban J connectivity index is 1.84. The highest BCUT2D eigenvalue weighted by Crippen LogP contribution is 2.47. The van der Waals surface area contributed by atoms with Gasteiger partial charge >= 0.3 is 11.9 Å². The third kappa shape index (κ3) is 4.54. The molecule has 0 spiro atoms. The minimum Gasteiger partial charge on any atom is -0.493 e. The normalized spacial score (nSPS) is 24.6. The van der Waals surface area contributed by atoms with Crippen LogP contribution < -0.4 is 14.8 Å². The van der Waals surface area contributed by atoms with Gasteiger partial charge in [-0.15, -0.1) is 0 Å². The number of benzene rings is 1. The molecule has 1 aromatic rings. The second-order valence-electron chi connectivity index (χ2n) is 9.46. The molecule has 0 saturated heterocycles. The van der Waals surface area contributed by atoms with Crippen molar-refractivity contribution in [3.8, 4) is 11.5 Å². The van der Waals surface area contributed by atoms with Gasteiger partial charge in [0.2, 0.25) is 0 Å². The van der Waals surface area contributed by atoms with Crippen molar-refractivity contribution in [2.45, 2.75) is 58.0 Å². The fourth-order valence-electron chi connectivity index (χ4n) is 5.54. The topological polar surface area (TPSA) is 100 Å². The molecule has 1 aliphatic heterocycles. The number of hydrogen-bond acceptors (Lipinski definition) is 8. The molecule has 2 aliphatic carbocycles. The zero-order valence-corrected chi connectivity index (χ0v) is 20.9. The first-order chi connectivity index (χ1) is 16.8. The third-order valence-electron chi connectivity index (χ3n) is 7.28. The molecule has 0 amide bonds. The van der Waals surface area contributed by atoms with Crippen molar-refractivity contribution in [3.63, 3.8) is 0 Å². The summed E-state index contributed by atoms with van der Waals surface area (Å²) in [6.45, 7) is 3.68. The number of rotatable bonds is 6. The van der Waals surface area contributed by atoms with Gasteiger partial charge in [-0.05, 0) is 62.6 Å². The fraction of sp³-hybridized carbons (Fsp3) is 0.519. The summed E-state index contributed by atoms with van der Waals surface area (Å²) in [4.78, 5) is 39.9. The van der Waals surface area contributed by atoms with E-state index in [1.165, 1.54) is 14.2 Å². The molecule has 0 aromatic heterocycles. The van der Waals surface area contributed by atoms with Gasteiger partial charge in [0.25, 0.3) is 0 Å². The molecular formula is C27H33NO7. The van der Waals surface area contributed by atoms with E-state index in [0.29, 0.717) is 40.3 Å². The van der Waals surface area contributed by atoms with Crippen LogP contribution in [0.5, 0.6) is 11.5 Å². The van der Waals surface area contributed by atoms with Crippen molar-refractivity contribution in [2.75, 3.05) is 21.3 Å². The molecule has 0 radical (unpaired) electrons. The largest absolute Gasteiger partial charge is 0.493 e. The highest BCUT2D eigenvalue weighted by molar-refractivity contribution is 6.12. The Kier molecular flexibility index (Phi) is 7.19. The van der Waals surface area contributed by atoms with Crippen LogP contribution >= 0.6 is 0 Å². The Morgan fingerprint density at radius 1 is 1.03 bits per heavy atom. The standard InChI is InChI=1S/C27H33NO7/c1-14-12-18-24(25(29)21(14)26(30)34-5)23(16-10-11-19(32-3)20(13-16)33-4)22(15(2)28-18)27(31)35-17-8-6-7-9-17/h10-11,13-14,17,21,23,28H,6-9,12H2,1-5H3/t14-,21-,23-/m1/s1. The zero-order valence-electron chi connectivity index (χ0n) is 20.9. The van der Waals surface area contributed by atoms with Crippen molar-refractivity contribution < 1.29 is 33.3 Å². The minimum atomic E-state index is -0.936. The number of nitrogens with one attached hydrogen (secondary N) is 1. The van der Waals surface area contributed by atoms with E-state index >= 15 is 0 Å². The van der Waals surface area contributed by atoms with Crippen LogP contribution in [0.15, 0.2) is 40.7 Å². The van der Waals surface area contributed by atoms with Crippen LogP contribution in [0, 0.1) is 11.8 Å². The quantitative estimate of drug-likeness (QED) is 0.482. The number of carbonyl (C=O) groups is 3. The summed E-state index contributed by atoms with van der Waals surface area (Å²) in [5.74, 6) is -2.24. The molecule has 3 aliphatic rings. The summed E-state index contributed by atoms with van der Waals surface area (Å²) in [6, 6.07) is 5.34. The molecule has 1 saturated carbocycles. The lowest BCUT2D eigenvalue weighted by molar-refractivity contribution is -0.151. The number of hydrogen-bond donors (Lipinski definition) is 1. The number of esters is 2. The van der Waals surface area contributed by atoms with Gasteiger partial charge in [-0.1, -0.05) is 13.0 Å². The molecule has 0 bridgehead atoms. The van der Waals surface area contributed by atoms with Gasteiger partial charge in [0.05, 0.1) is 26.9 Å². The number of dihydropyridines is 1. The molecule has 3 atom stereocenters. The van der Waals surface area contributed by atoms with E-state index in [1.807, 2.05) is 19.9 Å².